The Hall–Kier alpha value is -3.62. The topological polar surface area (TPSA) is 67.2 Å². The van der Waals surface area contributed by atoms with Crippen molar-refractivity contribution in [2.75, 3.05) is 4.90 Å². The highest BCUT2D eigenvalue weighted by atomic mass is 32.2. The molecule has 1 heterocycles. The standard InChI is InChI=1S/C33H35FN4O2S/c1-33(2)16-15-30(36-41(40)25-12-9-23(34)10-13-25)28-19-24(11-14-29(28)33)38(21-31-35-17-18-37(31)3)32(39)27-20-26(27)22-7-5-4-6-8-22/h4-14,17-19,26-27,30,36H,15-16,20-21H2,1-3H3/t26-,27+,30?,41?/m1/s1. The minimum Gasteiger partial charge on any atom is -0.337 e. The van der Waals surface area contributed by atoms with Crippen molar-refractivity contribution in [1.82, 2.24) is 14.3 Å². The highest BCUT2D eigenvalue weighted by Gasteiger charge is 2.46. The van der Waals surface area contributed by atoms with Gasteiger partial charge in [-0.3, -0.25) is 4.79 Å². The number of benzene rings is 3. The van der Waals surface area contributed by atoms with E-state index in [0.29, 0.717) is 11.4 Å². The van der Waals surface area contributed by atoms with Crippen LogP contribution in [-0.2, 0) is 34.8 Å². The molecule has 6 rings (SSSR count). The molecule has 0 spiro atoms. The summed E-state index contributed by atoms with van der Waals surface area (Å²) in [5, 5.41) is 0. The van der Waals surface area contributed by atoms with E-state index in [1.54, 1.807) is 18.3 Å². The van der Waals surface area contributed by atoms with E-state index in [4.69, 9.17) is 0 Å². The van der Waals surface area contributed by atoms with E-state index in [-0.39, 0.29) is 35.0 Å². The largest absolute Gasteiger partial charge is 0.337 e. The minimum atomic E-state index is -1.51. The lowest BCUT2D eigenvalue weighted by Crippen LogP contribution is -2.36. The van der Waals surface area contributed by atoms with Crippen LogP contribution in [0.3, 0.4) is 0 Å². The van der Waals surface area contributed by atoms with E-state index in [9.17, 15) is 13.4 Å². The molecule has 1 fully saturated rings. The molecule has 2 unspecified atom stereocenters. The zero-order valence-corrected chi connectivity index (χ0v) is 24.4. The summed E-state index contributed by atoms with van der Waals surface area (Å²) >= 11 is 0. The van der Waals surface area contributed by atoms with Gasteiger partial charge in [0.25, 0.3) is 0 Å². The molecular formula is C33H35FN4O2S. The van der Waals surface area contributed by atoms with Crippen LogP contribution in [-0.4, -0.2) is 19.7 Å². The third kappa shape index (κ3) is 5.63. The predicted octanol–water partition coefficient (Wildman–Crippen LogP) is 6.32. The van der Waals surface area contributed by atoms with Gasteiger partial charge in [-0.1, -0.05) is 50.2 Å². The Morgan fingerprint density at radius 1 is 1.12 bits per heavy atom. The van der Waals surface area contributed by atoms with E-state index < -0.39 is 11.0 Å². The fourth-order valence-corrected chi connectivity index (χ4v) is 7.04. The molecule has 4 atom stereocenters. The quantitative estimate of drug-likeness (QED) is 0.270. The van der Waals surface area contributed by atoms with Crippen LogP contribution in [0, 0.1) is 11.7 Å². The third-order valence-electron chi connectivity index (χ3n) is 8.61. The van der Waals surface area contributed by atoms with Crippen molar-refractivity contribution in [2.24, 2.45) is 13.0 Å². The number of fused-ring (bicyclic) bond motifs is 1. The Balaban J connectivity index is 1.34. The van der Waals surface area contributed by atoms with E-state index in [0.717, 1.165) is 36.3 Å². The maximum Gasteiger partial charge on any atom is 0.231 e. The molecule has 4 aromatic rings. The summed E-state index contributed by atoms with van der Waals surface area (Å²) in [7, 11) is 0.429. The van der Waals surface area contributed by atoms with Crippen LogP contribution >= 0.6 is 0 Å². The highest BCUT2D eigenvalue weighted by molar-refractivity contribution is 7.83. The molecule has 1 N–H and O–H groups in total. The number of carbonyl (C=O) groups is 1. The number of aryl methyl sites for hydroxylation is 1. The van der Waals surface area contributed by atoms with Crippen molar-refractivity contribution >= 4 is 22.6 Å². The maximum atomic E-state index is 14.1. The second kappa shape index (κ2) is 11.0. The molecule has 8 heteroatoms. The van der Waals surface area contributed by atoms with Crippen molar-refractivity contribution in [3.63, 3.8) is 0 Å². The average molecular weight is 571 g/mol. The molecule has 0 bridgehead atoms. The number of imidazole rings is 1. The van der Waals surface area contributed by atoms with Crippen LogP contribution in [0.1, 0.15) is 67.6 Å². The van der Waals surface area contributed by atoms with E-state index in [2.05, 4.69) is 47.8 Å². The summed E-state index contributed by atoms with van der Waals surface area (Å²) in [5.41, 5.74) is 4.17. The van der Waals surface area contributed by atoms with Crippen molar-refractivity contribution in [1.29, 1.82) is 0 Å². The van der Waals surface area contributed by atoms with Crippen molar-refractivity contribution in [3.05, 3.63) is 114 Å². The second-order valence-electron chi connectivity index (χ2n) is 11.8. The van der Waals surface area contributed by atoms with E-state index in [1.165, 1.54) is 23.3 Å². The van der Waals surface area contributed by atoms with Gasteiger partial charge in [0.15, 0.2) is 0 Å². The van der Waals surface area contributed by atoms with Gasteiger partial charge in [0, 0.05) is 37.1 Å². The third-order valence-corrected chi connectivity index (χ3v) is 9.81. The first kappa shape index (κ1) is 27.5. The number of carbonyl (C=O) groups excluding carboxylic acids is 1. The molecular weight excluding hydrogens is 535 g/mol. The molecule has 1 amide bonds. The fraction of sp³-hybridized carbons (Fsp3) is 0.333. The number of anilines is 1. The Labute approximate surface area is 243 Å². The molecule has 1 aromatic heterocycles. The van der Waals surface area contributed by atoms with Crippen LogP contribution in [0.25, 0.3) is 0 Å². The normalized spacial score (nSPS) is 21.6. The Morgan fingerprint density at radius 2 is 1.88 bits per heavy atom. The highest BCUT2D eigenvalue weighted by Crippen LogP contribution is 2.49. The average Bonchev–Trinajstić information content (AvgIpc) is 3.68. The Bertz CT molecular complexity index is 1580. The SMILES string of the molecule is Cn1ccnc1CN(C(=O)[C@H]1C[C@@H]1c1ccccc1)c1ccc2c(c1)C(NS(=O)c1ccc(F)cc1)CCC2(C)C. The number of nitrogens with one attached hydrogen (secondary N) is 1. The molecule has 212 valence electrons. The lowest BCUT2D eigenvalue weighted by Gasteiger charge is -2.38. The summed E-state index contributed by atoms with van der Waals surface area (Å²) in [5.74, 6) is 0.682. The van der Waals surface area contributed by atoms with E-state index in [1.807, 2.05) is 47.0 Å². The number of rotatable bonds is 8. The maximum absolute atomic E-state index is 14.1. The number of hydrogen-bond donors (Lipinski definition) is 1. The molecule has 3 aromatic carbocycles. The molecule has 2 aliphatic carbocycles. The van der Waals surface area contributed by atoms with Crippen LogP contribution in [0.15, 0.2) is 90.1 Å². The molecule has 2 aliphatic rings. The smallest absolute Gasteiger partial charge is 0.231 e. The van der Waals surface area contributed by atoms with Gasteiger partial charge in [0.1, 0.15) is 22.6 Å². The minimum absolute atomic E-state index is 0.0627. The monoisotopic (exact) mass is 570 g/mol. The zero-order valence-electron chi connectivity index (χ0n) is 23.6. The molecule has 6 nitrogen and oxygen atoms in total. The van der Waals surface area contributed by atoms with Gasteiger partial charge in [0.2, 0.25) is 5.91 Å². The van der Waals surface area contributed by atoms with Crippen LogP contribution in [0.4, 0.5) is 10.1 Å². The van der Waals surface area contributed by atoms with Gasteiger partial charge in [-0.25, -0.2) is 18.3 Å². The van der Waals surface area contributed by atoms with E-state index >= 15 is 0 Å². The molecule has 0 saturated heterocycles. The number of amides is 1. The second-order valence-corrected chi connectivity index (χ2v) is 13.1. The van der Waals surface area contributed by atoms with Crippen molar-refractivity contribution < 1.29 is 13.4 Å². The molecule has 1 saturated carbocycles. The van der Waals surface area contributed by atoms with Crippen molar-refractivity contribution in [3.8, 4) is 0 Å². The zero-order chi connectivity index (χ0) is 28.7. The van der Waals surface area contributed by atoms with Gasteiger partial charge >= 0.3 is 0 Å². The van der Waals surface area contributed by atoms with Gasteiger partial charge in [0.05, 0.1) is 11.4 Å². The molecule has 41 heavy (non-hydrogen) atoms. The summed E-state index contributed by atoms with van der Waals surface area (Å²) in [6, 6.07) is 22.1. The Morgan fingerprint density at radius 3 is 2.59 bits per heavy atom. The lowest BCUT2D eigenvalue weighted by molar-refractivity contribution is -0.120. The van der Waals surface area contributed by atoms with Gasteiger partial charge < -0.3 is 9.47 Å². The summed E-state index contributed by atoms with van der Waals surface area (Å²) in [6.07, 6.45) is 6.19. The van der Waals surface area contributed by atoms with Crippen molar-refractivity contribution in [2.45, 2.75) is 61.9 Å². The summed E-state index contributed by atoms with van der Waals surface area (Å²) in [4.78, 5) is 21.0. The number of halogens is 1. The van der Waals surface area contributed by atoms with Gasteiger partial charge in [-0.2, -0.15) is 0 Å². The number of hydrogen-bond acceptors (Lipinski definition) is 3. The Kier molecular flexibility index (Phi) is 7.38. The van der Waals surface area contributed by atoms with Gasteiger partial charge in [-0.15, -0.1) is 0 Å². The first-order valence-electron chi connectivity index (χ1n) is 14.1. The summed E-state index contributed by atoms with van der Waals surface area (Å²) < 4.78 is 31.9. The summed E-state index contributed by atoms with van der Waals surface area (Å²) in [6.45, 7) is 4.82. The number of aromatic nitrogens is 2. The first-order valence-corrected chi connectivity index (χ1v) is 15.3. The van der Waals surface area contributed by atoms with Crippen LogP contribution < -0.4 is 9.62 Å². The fourth-order valence-electron chi connectivity index (χ4n) is 6.02. The first-order chi connectivity index (χ1) is 19.7. The predicted molar refractivity (Wildman–Crippen MR) is 159 cm³/mol. The lowest BCUT2D eigenvalue weighted by atomic mass is 9.71. The van der Waals surface area contributed by atoms with Crippen LogP contribution in [0.2, 0.25) is 0 Å². The van der Waals surface area contributed by atoms with Crippen LogP contribution in [0.5, 0.6) is 0 Å². The van der Waals surface area contributed by atoms with Gasteiger partial charge in [-0.05, 0) is 83.7 Å². The number of nitrogens with zero attached hydrogens (tertiary/aromatic N) is 3. The molecule has 0 aliphatic heterocycles. The molecule has 0 radical (unpaired) electrons.